The first kappa shape index (κ1) is 27.6. The SMILES string of the molecule is CC(C)(C)CC(C(=O)OCC(C)(C)CC1CC(C(=O)O)C1(C)C)(C(F)(F)F)C(F)(F)F. The lowest BCUT2D eigenvalue weighted by Crippen LogP contribution is -2.58. The van der Waals surface area contributed by atoms with E-state index >= 15 is 0 Å². The van der Waals surface area contributed by atoms with E-state index in [1.54, 1.807) is 27.7 Å². The Morgan fingerprint density at radius 2 is 1.42 bits per heavy atom. The number of rotatable bonds is 7. The third kappa shape index (κ3) is 5.66. The van der Waals surface area contributed by atoms with Crippen LogP contribution in [0, 0.1) is 33.5 Å². The third-order valence-electron chi connectivity index (χ3n) is 6.27. The van der Waals surface area contributed by atoms with Crippen molar-refractivity contribution in [3.63, 3.8) is 0 Å². The van der Waals surface area contributed by atoms with Gasteiger partial charge in [0, 0.05) is 0 Å². The van der Waals surface area contributed by atoms with Crippen LogP contribution in [0.5, 0.6) is 0 Å². The molecule has 1 rings (SSSR count). The first-order chi connectivity index (χ1) is 13.5. The minimum absolute atomic E-state index is 0.119. The maximum Gasteiger partial charge on any atom is 0.413 e. The molecular weight excluding hydrogens is 430 g/mol. The molecule has 1 N–H and O–H groups in total. The molecule has 182 valence electrons. The summed E-state index contributed by atoms with van der Waals surface area (Å²) < 4.78 is 86.8. The zero-order chi connectivity index (χ0) is 24.8. The summed E-state index contributed by atoms with van der Waals surface area (Å²) in [4.78, 5) is 23.6. The average molecular weight is 462 g/mol. The van der Waals surface area contributed by atoms with Crippen LogP contribution in [0.4, 0.5) is 26.3 Å². The summed E-state index contributed by atoms with van der Waals surface area (Å²) in [6.07, 6.45) is -12.6. The predicted molar refractivity (Wildman–Crippen MR) is 101 cm³/mol. The number of carboxylic acid groups (broad SMARTS) is 1. The van der Waals surface area contributed by atoms with Crippen molar-refractivity contribution in [2.75, 3.05) is 6.61 Å². The van der Waals surface area contributed by atoms with Crippen LogP contribution >= 0.6 is 0 Å². The Hall–Kier alpha value is -1.48. The van der Waals surface area contributed by atoms with Gasteiger partial charge in [-0.25, -0.2) is 0 Å². The normalized spacial score (nSPS) is 22.6. The summed E-state index contributed by atoms with van der Waals surface area (Å²) >= 11 is 0. The summed E-state index contributed by atoms with van der Waals surface area (Å²) in [6.45, 7) is 9.56. The van der Waals surface area contributed by atoms with Gasteiger partial charge >= 0.3 is 24.3 Å². The van der Waals surface area contributed by atoms with Crippen molar-refractivity contribution in [2.24, 2.45) is 33.5 Å². The highest BCUT2D eigenvalue weighted by atomic mass is 19.4. The van der Waals surface area contributed by atoms with Gasteiger partial charge in [-0.05, 0) is 41.4 Å². The van der Waals surface area contributed by atoms with E-state index in [1.165, 1.54) is 20.8 Å². The van der Waals surface area contributed by atoms with Gasteiger partial charge in [0.25, 0.3) is 5.41 Å². The highest BCUT2D eigenvalue weighted by Gasteiger charge is 2.77. The zero-order valence-electron chi connectivity index (χ0n) is 18.9. The van der Waals surface area contributed by atoms with Gasteiger partial charge in [0.2, 0.25) is 0 Å². The second-order valence-electron chi connectivity index (χ2n) is 11.2. The molecule has 0 bridgehead atoms. The molecule has 0 spiro atoms. The van der Waals surface area contributed by atoms with Gasteiger partial charge in [-0.3, -0.25) is 9.59 Å². The number of aliphatic carboxylic acids is 1. The number of carboxylic acids is 1. The number of esters is 1. The second kappa shape index (κ2) is 8.14. The number of carbonyl (C=O) groups is 2. The molecular formula is C21H32F6O4. The van der Waals surface area contributed by atoms with Crippen molar-refractivity contribution in [3.8, 4) is 0 Å². The molecule has 0 aliphatic heterocycles. The molecule has 10 heteroatoms. The van der Waals surface area contributed by atoms with E-state index in [0.29, 0.717) is 12.8 Å². The van der Waals surface area contributed by atoms with Crippen molar-refractivity contribution >= 4 is 11.9 Å². The first-order valence-electron chi connectivity index (χ1n) is 10.0. The summed E-state index contributed by atoms with van der Waals surface area (Å²) in [5.41, 5.74) is -7.60. The Bertz CT molecular complexity index is 671. The summed E-state index contributed by atoms with van der Waals surface area (Å²) in [5, 5.41) is 9.21. The standard InChI is InChI=1S/C21H32F6O4/c1-16(2,3)10-19(20(22,23)24,21(25,26)27)15(30)31-11-17(4,5)9-12-8-13(14(28)29)18(12,6)7/h12-13H,8-11H2,1-7H3,(H,28,29). The van der Waals surface area contributed by atoms with E-state index in [9.17, 15) is 41.0 Å². The van der Waals surface area contributed by atoms with Crippen molar-refractivity contribution < 1.29 is 45.8 Å². The Morgan fingerprint density at radius 1 is 0.968 bits per heavy atom. The molecule has 4 nitrogen and oxygen atoms in total. The largest absolute Gasteiger partial charge is 0.481 e. The van der Waals surface area contributed by atoms with Gasteiger partial charge in [-0.2, -0.15) is 26.3 Å². The molecule has 2 unspecified atom stereocenters. The van der Waals surface area contributed by atoms with E-state index in [0.717, 1.165) is 0 Å². The maximum atomic E-state index is 13.7. The van der Waals surface area contributed by atoms with E-state index in [1.807, 2.05) is 0 Å². The number of hydrogen-bond donors (Lipinski definition) is 1. The molecule has 1 aliphatic rings. The van der Waals surface area contributed by atoms with Crippen LogP contribution in [0.1, 0.15) is 67.7 Å². The number of hydrogen-bond acceptors (Lipinski definition) is 3. The van der Waals surface area contributed by atoms with Gasteiger partial charge < -0.3 is 9.84 Å². The summed E-state index contributed by atoms with van der Waals surface area (Å²) in [6, 6.07) is 0. The Morgan fingerprint density at radius 3 is 1.74 bits per heavy atom. The van der Waals surface area contributed by atoms with E-state index < -0.39 is 64.9 Å². The van der Waals surface area contributed by atoms with E-state index in [-0.39, 0.29) is 5.92 Å². The molecule has 0 amide bonds. The number of halogens is 6. The molecule has 1 fully saturated rings. The lowest BCUT2D eigenvalue weighted by Gasteiger charge is -2.52. The van der Waals surface area contributed by atoms with Gasteiger partial charge in [-0.1, -0.05) is 48.5 Å². The molecule has 2 atom stereocenters. The Balaban J connectivity index is 3.06. The van der Waals surface area contributed by atoms with E-state index in [2.05, 4.69) is 4.74 Å². The molecule has 0 aromatic carbocycles. The van der Waals surface area contributed by atoms with Crippen LogP contribution in [-0.4, -0.2) is 36.0 Å². The van der Waals surface area contributed by atoms with Gasteiger partial charge in [-0.15, -0.1) is 0 Å². The van der Waals surface area contributed by atoms with Crippen molar-refractivity contribution in [2.45, 2.75) is 80.1 Å². The highest BCUT2D eigenvalue weighted by Crippen LogP contribution is 2.58. The first-order valence-corrected chi connectivity index (χ1v) is 10.0. The number of ether oxygens (including phenoxy) is 1. The van der Waals surface area contributed by atoms with Crippen molar-refractivity contribution in [1.82, 2.24) is 0 Å². The fourth-order valence-electron chi connectivity index (χ4n) is 4.35. The smallest absolute Gasteiger partial charge is 0.413 e. The Labute approximate surface area is 178 Å². The molecule has 0 saturated heterocycles. The molecule has 0 aromatic heterocycles. The molecule has 1 aliphatic carbocycles. The van der Waals surface area contributed by atoms with Crippen molar-refractivity contribution in [1.29, 1.82) is 0 Å². The van der Waals surface area contributed by atoms with Crippen LogP contribution in [0.2, 0.25) is 0 Å². The minimum Gasteiger partial charge on any atom is -0.481 e. The second-order valence-corrected chi connectivity index (χ2v) is 11.2. The number of carbonyl (C=O) groups excluding carboxylic acids is 1. The van der Waals surface area contributed by atoms with Crippen LogP contribution in [0.25, 0.3) is 0 Å². The lowest BCUT2D eigenvalue weighted by molar-refractivity contribution is -0.340. The topological polar surface area (TPSA) is 63.6 Å². The predicted octanol–water partition coefficient (Wildman–Crippen LogP) is 6.24. The van der Waals surface area contributed by atoms with Crippen LogP contribution in [-0.2, 0) is 14.3 Å². The van der Waals surface area contributed by atoms with Crippen LogP contribution in [0.3, 0.4) is 0 Å². The molecule has 0 aromatic rings. The quantitative estimate of drug-likeness (QED) is 0.359. The van der Waals surface area contributed by atoms with Gasteiger partial charge in [0.1, 0.15) is 0 Å². The molecule has 31 heavy (non-hydrogen) atoms. The monoisotopic (exact) mass is 462 g/mol. The van der Waals surface area contributed by atoms with Crippen molar-refractivity contribution in [3.05, 3.63) is 0 Å². The summed E-state index contributed by atoms with van der Waals surface area (Å²) in [5.74, 6) is -4.00. The fourth-order valence-corrected chi connectivity index (χ4v) is 4.35. The number of alkyl halides is 6. The van der Waals surface area contributed by atoms with E-state index in [4.69, 9.17) is 0 Å². The van der Waals surface area contributed by atoms with Gasteiger partial charge in [0.05, 0.1) is 12.5 Å². The average Bonchev–Trinajstić information content (AvgIpc) is 2.50. The summed E-state index contributed by atoms with van der Waals surface area (Å²) in [7, 11) is 0. The minimum atomic E-state index is -5.88. The zero-order valence-corrected chi connectivity index (χ0v) is 18.9. The van der Waals surface area contributed by atoms with Gasteiger partial charge in [0.15, 0.2) is 0 Å². The molecule has 0 heterocycles. The molecule has 1 saturated carbocycles. The third-order valence-corrected chi connectivity index (χ3v) is 6.27. The maximum absolute atomic E-state index is 13.7. The highest BCUT2D eigenvalue weighted by molar-refractivity contribution is 5.79. The van der Waals surface area contributed by atoms with Crippen LogP contribution < -0.4 is 0 Å². The molecule has 0 radical (unpaired) electrons. The fraction of sp³-hybridized carbons (Fsp3) is 0.905. The lowest BCUT2D eigenvalue weighted by atomic mass is 9.52. The Kier molecular flexibility index (Phi) is 7.23. The van der Waals surface area contributed by atoms with Crippen LogP contribution in [0.15, 0.2) is 0 Å².